The topological polar surface area (TPSA) is 68.5 Å². The fourth-order valence-electron chi connectivity index (χ4n) is 1.76. The lowest BCUT2D eigenvalue weighted by Gasteiger charge is -2.09. The molecule has 0 unspecified atom stereocenters. The lowest BCUT2D eigenvalue weighted by molar-refractivity contribution is 0.0734. The van der Waals surface area contributed by atoms with Crippen molar-refractivity contribution in [1.82, 2.24) is 0 Å². The van der Waals surface area contributed by atoms with E-state index in [2.05, 4.69) is 0 Å². The summed E-state index contributed by atoms with van der Waals surface area (Å²) in [5.74, 6) is 0.748. The molecule has 0 atom stereocenters. The zero-order valence-corrected chi connectivity index (χ0v) is 11.6. The lowest BCUT2D eigenvalue weighted by atomic mass is 10.2. The first kappa shape index (κ1) is 14.4. The van der Waals surface area contributed by atoms with Crippen LogP contribution in [0.3, 0.4) is 0 Å². The normalized spacial score (nSPS) is 9.57. The number of ether oxygens (including phenoxy) is 3. The van der Waals surface area contributed by atoms with E-state index in [4.69, 9.17) is 19.5 Å². The van der Waals surface area contributed by atoms with Crippen LogP contribution in [0.2, 0.25) is 0 Å². The minimum absolute atomic E-state index is 0.314. The van der Waals surface area contributed by atoms with Crippen molar-refractivity contribution in [2.24, 2.45) is 0 Å². The number of benzene rings is 2. The van der Waals surface area contributed by atoms with Crippen molar-refractivity contribution in [3.05, 3.63) is 53.6 Å². The van der Waals surface area contributed by atoms with Gasteiger partial charge in [-0.05, 0) is 36.4 Å². The van der Waals surface area contributed by atoms with Gasteiger partial charge < -0.3 is 14.2 Å². The van der Waals surface area contributed by atoms with Gasteiger partial charge in [0, 0.05) is 0 Å². The molecule has 2 rings (SSSR count). The Morgan fingerprint density at radius 1 is 1.05 bits per heavy atom. The summed E-state index contributed by atoms with van der Waals surface area (Å²) < 4.78 is 15.5. The predicted octanol–water partition coefficient (Wildman–Crippen LogP) is 2.79. The van der Waals surface area contributed by atoms with Crippen molar-refractivity contribution >= 4 is 5.97 Å². The van der Waals surface area contributed by atoms with Gasteiger partial charge in [-0.15, -0.1) is 0 Å². The number of carbonyl (C=O) groups excluding carboxylic acids is 1. The number of carbonyl (C=O) groups is 1. The predicted molar refractivity (Wildman–Crippen MR) is 75.7 cm³/mol. The summed E-state index contributed by atoms with van der Waals surface area (Å²) in [7, 11) is 3.01. The second-order valence-electron chi connectivity index (χ2n) is 4.10. The van der Waals surface area contributed by atoms with Gasteiger partial charge in [-0.2, -0.15) is 5.26 Å². The molecule has 5 heteroatoms. The van der Waals surface area contributed by atoms with Crippen molar-refractivity contribution in [1.29, 1.82) is 5.26 Å². The molecule has 0 heterocycles. The highest BCUT2D eigenvalue weighted by atomic mass is 16.5. The molecule has 21 heavy (non-hydrogen) atoms. The van der Waals surface area contributed by atoms with Crippen LogP contribution in [0.15, 0.2) is 42.5 Å². The molecule has 0 N–H and O–H groups in total. The third-order valence-corrected chi connectivity index (χ3v) is 2.79. The number of rotatable bonds is 4. The molecule has 0 aliphatic heterocycles. The Morgan fingerprint density at radius 3 is 2.48 bits per heavy atom. The van der Waals surface area contributed by atoms with Crippen LogP contribution in [0.25, 0.3) is 0 Å². The van der Waals surface area contributed by atoms with Crippen LogP contribution in [0, 0.1) is 11.3 Å². The molecule has 0 saturated carbocycles. The number of hydrogen-bond acceptors (Lipinski definition) is 5. The Hall–Kier alpha value is -3.00. The van der Waals surface area contributed by atoms with Crippen LogP contribution in [0.1, 0.15) is 15.9 Å². The van der Waals surface area contributed by atoms with E-state index in [-0.39, 0.29) is 0 Å². The highest BCUT2D eigenvalue weighted by Crippen LogP contribution is 2.28. The fraction of sp³-hybridized carbons (Fsp3) is 0.125. The Morgan fingerprint density at radius 2 is 1.81 bits per heavy atom. The zero-order chi connectivity index (χ0) is 15.2. The van der Waals surface area contributed by atoms with Crippen LogP contribution in [-0.4, -0.2) is 20.2 Å². The molecule has 0 fully saturated rings. The maximum absolute atomic E-state index is 12.1. The first-order valence-electron chi connectivity index (χ1n) is 6.12. The maximum atomic E-state index is 12.1. The van der Waals surface area contributed by atoms with Gasteiger partial charge in [0.05, 0.1) is 31.4 Å². The van der Waals surface area contributed by atoms with Gasteiger partial charge in [0.25, 0.3) is 0 Å². The van der Waals surface area contributed by atoms with Crippen LogP contribution in [0.5, 0.6) is 17.2 Å². The first-order valence-corrected chi connectivity index (χ1v) is 6.12. The second-order valence-corrected chi connectivity index (χ2v) is 4.10. The van der Waals surface area contributed by atoms with Crippen LogP contribution < -0.4 is 14.2 Å². The molecular formula is C16H13NO4. The van der Waals surface area contributed by atoms with E-state index in [1.165, 1.54) is 26.4 Å². The van der Waals surface area contributed by atoms with E-state index >= 15 is 0 Å². The smallest absolute Gasteiger partial charge is 0.343 e. The van der Waals surface area contributed by atoms with E-state index < -0.39 is 5.97 Å². The van der Waals surface area contributed by atoms with Gasteiger partial charge in [-0.3, -0.25) is 0 Å². The first-order chi connectivity index (χ1) is 10.2. The van der Waals surface area contributed by atoms with Crippen molar-refractivity contribution in [3.8, 4) is 23.3 Å². The van der Waals surface area contributed by atoms with Gasteiger partial charge in [-0.1, -0.05) is 6.07 Å². The molecule has 0 spiro atoms. The molecule has 0 aliphatic carbocycles. The highest BCUT2D eigenvalue weighted by molar-refractivity contribution is 5.91. The molecule has 5 nitrogen and oxygen atoms in total. The summed E-state index contributed by atoms with van der Waals surface area (Å²) in [5.41, 5.74) is 0.752. The van der Waals surface area contributed by atoms with Crippen molar-refractivity contribution in [2.45, 2.75) is 0 Å². The average molecular weight is 283 g/mol. The standard InChI is InChI=1S/C16H13NO4/c1-19-14-7-6-12(9-15(14)20-2)16(18)21-13-5-3-4-11(8-13)10-17/h3-9H,1-2H3. The van der Waals surface area contributed by atoms with Crippen LogP contribution in [0.4, 0.5) is 0 Å². The molecular weight excluding hydrogens is 270 g/mol. The minimum atomic E-state index is -0.536. The molecule has 0 saturated heterocycles. The molecule has 0 aliphatic rings. The molecule has 0 aromatic heterocycles. The van der Waals surface area contributed by atoms with Gasteiger partial charge in [-0.25, -0.2) is 4.79 Å². The van der Waals surface area contributed by atoms with Crippen molar-refractivity contribution in [3.63, 3.8) is 0 Å². The van der Waals surface area contributed by atoms with E-state index in [1.807, 2.05) is 6.07 Å². The summed E-state index contributed by atoms with van der Waals surface area (Å²) in [6, 6.07) is 13.1. The van der Waals surface area contributed by atoms with Gasteiger partial charge >= 0.3 is 5.97 Å². The Labute approximate surface area is 122 Å². The number of esters is 1. The third kappa shape index (κ3) is 3.31. The van der Waals surface area contributed by atoms with E-state index in [9.17, 15) is 4.79 Å². The molecule has 0 bridgehead atoms. The molecule has 0 amide bonds. The molecule has 106 valence electrons. The lowest BCUT2D eigenvalue weighted by Crippen LogP contribution is -2.09. The summed E-state index contributed by atoms with van der Waals surface area (Å²) in [5, 5.41) is 8.82. The number of methoxy groups -OCH3 is 2. The van der Waals surface area contributed by atoms with Gasteiger partial charge in [0.15, 0.2) is 11.5 Å². The van der Waals surface area contributed by atoms with E-state index in [0.29, 0.717) is 28.4 Å². The summed E-state index contributed by atoms with van der Waals surface area (Å²) in [4.78, 5) is 12.1. The fourth-order valence-corrected chi connectivity index (χ4v) is 1.76. The monoisotopic (exact) mass is 283 g/mol. The number of hydrogen-bond donors (Lipinski definition) is 0. The summed E-state index contributed by atoms with van der Waals surface area (Å²) in [6.45, 7) is 0. The van der Waals surface area contributed by atoms with Crippen LogP contribution >= 0.6 is 0 Å². The van der Waals surface area contributed by atoms with Crippen molar-refractivity contribution < 1.29 is 19.0 Å². The summed E-state index contributed by atoms with van der Waals surface area (Å²) in [6.07, 6.45) is 0. The molecule has 2 aromatic carbocycles. The SMILES string of the molecule is COc1ccc(C(=O)Oc2cccc(C#N)c2)cc1OC. The molecule has 2 aromatic rings. The van der Waals surface area contributed by atoms with E-state index in [0.717, 1.165) is 0 Å². The maximum Gasteiger partial charge on any atom is 0.343 e. The number of nitrogens with zero attached hydrogens (tertiary/aromatic N) is 1. The minimum Gasteiger partial charge on any atom is -0.493 e. The van der Waals surface area contributed by atoms with Gasteiger partial charge in [0.2, 0.25) is 0 Å². The van der Waals surface area contributed by atoms with Crippen molar-refractivity contribution in [2.75, 3.05) is 14.2 Å². The van der Waals surface area contributed by atoms with Crippen LogP contribution in [-0.2, 0) is 0 Å². The number of nitriles is 1. The summed E-state index contributed by atoms with van der Waals surface area (Å²) >= 11 is 0. The zero-order valence-electron chi connectivity index (χ0n) is 11.6. The third-order valence-electron chi connectivity index (χ3n) is 2.79. The Balaban J connectivity index is 2.22. The average Bonchev–Trinajstić information content (AvgIpc) is 2.54. The second kappa shape index (κ2) is 6.44. The Bertz CT molecular complexity index is 704. The quantitative estimate of drug-likeness (QED) is 0.637. The van der Waals surface area contributed by atoms with E-state index in [1.54, 1.807) is 30.3 Å². The molecule has 0 radical (unpaired) electrons. The van der Waals surface area contributed by atoms with Gasteiger partial charge in [0.1, 0.15) is 5.75 Å². The highest BCUT2D eigenvalue weighted by Gasteiger charge is 2.13. The Kier molecular flexibility index (Phi) is 4.42. The largest absolute Gasteiger partial charge is 0.493 e.